The predicted molar refractivity (Wildman–Crippen MR) is 64.4 cm³/mol. The van der Waals surface area contributed by atoms with Crippen molar-refractivity contribution in [1.29, 1.82) is 0 Å². The molecule has 1 aliphatic carbocycles. The number of hydrogen-bond acceptors (Lipinski definition) is 3. The molecule has 1 aromatic rings. The van der Waals surface area contributed by atoms with Crippen LogP contribution in [0.15, 0.2) is 6.07 Å². The monoisotopic (exact) mass is 241 g/mol. The maximum absolute atomic E-state index is 10.2. The van der Waals surface area contributed by atoms with Crippen molar-refractivity contribution in [2.45, 2.75) is 25.2 Å². The molecule has 1 aliphatic rings. The second-order valence-corrected chi connectivity index (χ2v) is 4.80. The molecule has 0 aromatic heterocycles. The molecule has 2 rings (SSSR count). The molecule has 1 aromatic carbocycles. The van der Waals surface area contributed by atoms with Gasteiger partial charge in [-0.25, -0.2) is 0 Å². The van der Waals surface area contributed by atoms with Crippen molar-refractivity contribution < 1.29 is 9.84 Å². The van der Waals surface area contributed by atoms with Crippen molar-refractivity contribution in [3.05, 3.63) is 22.2 Å². The van der Waals surface area contributed by atoms with E-state index in [1.54, 1.807) is 6.07 Å². The van der Waals surface area contributed by atoms with Gasteiger partial charge in [-0.3, -0.25) is 0 Å². The summed E-state index contributed by atoms with van der Waals surface area (Å²) in [5.41, 5.74) is 7.46. The molecule has 1 saturated carbocycles. The van der Waals surface area contributed by atoms with E-state index in [2.05, 4.69) is 0 Å². The van der Waals surface area contributed by atoms with E-state index >= 15 is 0 Å². The molecule has 3 N–H and O–H groups in total. The number of nitrogens with two attached hydrogens (primary N) is 1. The van der Waals surface area contributed by atoms with Crippen LogP contribution in [0.4, 0.5) is 0 Å². The highest BCUT2D eigenvalue weighted by Gasteiger charge is 2.46. The van der Waals surface area contributed by atoms with Crippen molar-refractivity contribution in [2.24, 2.45) is 5.73 Å². The third-order valence-corrected chi connectivity index (χ3v) is 3.85. The van der Waals surface area contributed by atoms with Gasteiger partial charge in [0.25, 0.3) is 0 Å². The molecule has 0 amide bonds. The minimum absolute atomic E-state index is 0.0909. The van der Waals surface area contributed by atoms with Crippen molar-refractivity contribution in [2.75, 3.05) is 13.7 Å². The number of phenolic OH excluding ortho intramolecular Hbond substituents is 1. The molecular weight excluding hydrogens is 226 g/mol. The molecule has 4 heteroatoms. The average molecular weight is 242 g/mol. The van der Waals surface area contributed by atoms with E-state index in [1.807, 2.05) is 6.92 Å². The fraction of sp³-hybridized carbons (Fsp3) is 0.500. The Morgan fingerprint density at radius 1 is 1.56 bits per heavy atom. The summed E-state index contributed by atoms with van der Waals surface area (Å²) in [4.78, 5) is 0. The van der Waals surface area contributed by atoms with Crippen LogP contribution in [-0.2, 0) is 5.41 Å². The summed E-state index contributed by atoms with van der Waals surface area (Å²) in [6.45, 7) is 2.44. The lowest BCUT2D eigenvalue weighted by molar-refractivity contribution is 0.367. The zero-order valence-corrected chi connectivity index (χ0v) is 10.3. The Labute approximate surface area is 100 Å². The van der Waals surface area contributed by atoms with Crippen molar-refractivity contribution in [1.82, 2.24) is 0 Å². The smallest absolute Gasteiger partial charge is 0.162 e. The molecule has 0 spiro atoms. The van der Waals surface area contributed by atoms with Gasteiger partial charge < -0.3 is 15.6 Å². The van der Waals surface area contributed by atoms with E-state index in [0.29, 0.717) is 17.3 Å². The number of hydrogen-bond donors (Lipinski definition) is 2. The highest BCUT2D eigenvalue weighted by molar-refractivity contribution is 6.31. The Morgan fingerprint density at radius 3 is 2.62 bits per heavy atom. The topological polar surface area (TPSA) is 55.5 Å². The Bertz CT molecular complexity index is 428. The standard InChI is InChI=1S/C12H16ClNO2/c1-7-8(13)5-9(16-2)11(15)10(7)12(6-14)3-4-12/h5,15H,3-4,6,14H2,1-2H3. The Balaban J connectivity index is 2.63. The largest absolute Gasteiger partial charge is 0.504 e. The van der Waals surface area contributed by atoms with Gasteiger partial charge in [0, 0.05) is 28.6 Å². The first-order valence-corrected chi connectivity index (χ1v) is 5.70. The highest BCUT2D eigenvalue weighted by atomic mass is 35.5. The van der Waals surface area contributed by atoms with Gasteiger partial charge in [0.05, 0.1) is 7.11 Å². The SMILES string of the molecule is COc1cc(Cl)c(C)c(C2(CN)CC2)c1O. The summed E-state index contributed by atoms with van der Waals surface area (Å²) >= 11 is 6.13. The van der Waals surface area contributed by atoms with Gasteiger partial charge in [0.15, 0.2) is 11.5 Å². The zero-order valence-electron chi connectivity index (χ0n) is 9.51. The van der Waals surface area contributed by atoms with E-state index in [-0.39, 0.29) is 11.2 Å². The molecule has 0 heterocycles. The molecule has 0 unspecified atom stereocenters. The first-order chi connectivity index (χ1) is 7.55. The van der Waals surface area contributed by atoms with Crippen LogP contribution in [0.2, 0.25) is 5.02 Å². The fourth-order valence-electron chi connectivity index (χ4n) is 2.22. The summed E-state index contributed by atoms with van der Waals surface area (Å²) in [6, 6.07) is 1.64. The number of ether oxygens (including phenoxy) is 1. The highest BCUT2D eigenvalue weighted by Crippen LogP contribution is 2.54. The molecule has 16 heavy (non-hydrogen) atoms. The van der Waals surface area contributed by atoms with Crippen LogP contribution in [0.5, 0.6) is 11.5 Å². The number of halogens is 1. The number of methoxy groups -OCH3 is 1. The van der Waals surface area contributed by atoms with Crippen LogP contribution in [0.25, 0.3) is 0 Å². The van der Waals surface area contributed by atoms with Gasteiger partial charge in [0.1, 0.15) is 0 Å². The maximum atomic E-state index is 10.2. The first kappa shape index (κ1) is 11.6. The molecule has 88 valence electrons. The van der Waals surface area contributed by atoms with E-state index in [9.17, 15) is 5.11 Å². The Morgan fingerprint density at radius 2 is 2.19 bits per heavy atom. The van der Waals surface area contributed by atoms with Crippen LogP contribution in [0, 0.1) is 6.92 Å². The minimum atomic E-state index is -0.0909. The third-order valence-electron chi connectivity index (χ3n) is 3.46. The summed E-state index contributed by atoms with van der Waals surface area (Å²) in [6.07, 6.45) is 2.00. The van der Waals surface area contributed by atoms with Gasteiger partial charge in [-0.1, -0.05) is 11.6 Å². The molecular formula is C12H16ClNO2. The first-order valence-electron chi connectivity index (χ1n) is 5.32. The van der Waals surface area contributed by atoms with Gasteiger partial charge >= 0.3 is 0 Å². The fourth-order valence-corrected chi connectivity index (χ4v) is 2.42. The van der Waals surface area contributed by atoms with Gasteiger partial charge in [-0.2, -0.15) is 0 Å². The molecule has 0 radical (unpaired) electrons. The van der Waals surface area contributed by atoms with E-state index in [1.165, 1.54) is 7.11 Å². The minimum Gasteiger partial charge on any atom is -0.504 e. The Kier molecular flexibility index (Phi) is 2.76. The number of aromatic hydroxyl groups is 1. The lowest BCUT2D eigenvalue weighted by atomic mass is 9.90. The Hall–Kier alpha value is -0.930. The summed E-state index contributed by atoms with van der Waals surface area (Å²) in [5, 5.41) is 10.8. The van der Waals surface area contributed by atoms with Crippen LogP contribution >= 0.6 is 11.6 Å². The number of phenols is 1. The quantitative estimate of drug-likeness (QED) is 0.854. The average Bonchev–Trinajstić information content (AvgIpc) is 3.05. The zero-order chi connectivity index (χ0) is 11.9. The van der Waals surface area contributed by atoms with Crippen LogP contribution in [0.1, 0.15) is 24.0 Å². The molecule has 0 aliphatic heterocycles. The van der Waals surface area contributed by atoms with Crippen molar-refractivity contribution >= 4 is 11.6 Å². The lowest BCUT2D eigenvalue weighted by Crippen LogP contribution is -2.21. The summed E-state index contributed by atoms with van der Waals surface area (Å²) in [5.74, 6) is 0.609. The van der Waals surface area contributed by atoms with Crippen LogP contribution in [0.3, 0.4) is 0 Å². The molecule has 0 atom stereocenters. The number of benzene rings is 1. The van der Waals surface area contributed by atoms with Crippen LogP contribution in [-0.4, -0.2) is 18.8 Å². The van der Waals surface area contributed by atoms with E-state index < -0.39 is 0 Å². The molecule has 0 saturated heterocycles. The van der Waals surface area contributed by atoms with E-state index in [0.717, 1.165) is 24.0 Å². The lowest BCUT2D eigenvalue weighted by Gasteiger charge is -2.20. The van der Waals surface area contributed by atoms with Crippen molar-refractivity contribution in [3.63, 3.8) is 0 Å². The molecule has 1 fully saturated rings. The molecule has 3 nitrogen and oxygen atoms in total. The molecule has 0 bridgehead atoms. The summed E-state index contributed by atoms with van der Waals surface area (Å²) in [7, 11) is 1.52. The maximum Gasteiger partial charge on any atom is 0.162 e. The second kappa shape index (κ2) is 3.82. The number of rotatable bonds is 3. The normalized spacial score (nSPS) is 17.2. The van der Waals surface area contributed by atoms with Gasteiger partial charge in [-0.15, -0.1) is 0 Å². The van der Waals surface area contributed by atoms with Crippen LogP contribution < -0.4 is 10.5 Å². The van der Waals surface area contributed by atoms with Gasteiger partial charge in [0.2, 0.25) is 0 Å². The summed E-state index contributed by atoms with van der Waals surface area (Å²) < 4.78 is 5.11. The van der Waals surface area contributed by atoms with Crippen molar-refractivity contribution in [3.8, 4) is 11.5 Å². The third kappa shape index (κ3) is 1.55. The van der Waals surface area contributed by atoms with Gasteiger partial charge in [-0.05, 0) is 25.3 Å². The second-order valence-electron chi connectivity index (χ2n) is 4.39. The van der Waals surface area contributed by atoms with E-state index in [4.69, 9.17) is 22.1 Å². The predicted octanol–water partition coefficient (Wildman–Crippen LogP) is 2.35.